The van der Waals surface area contributed by atoms with Gasteiger partial charge in [0.2, 0.25) is 5.71 Å². The normalized spacial score (nSPS) is 11.0. The van der Waals surface area contributed by atoms with Gasteiger partial charge in [-0.1, -0.05) is 0 Å². The summed E-state index contributed by atoms with van der Waals surface area (Å²) >= 11 is 0. The summed E-state index contributed by atoms with van der Waals surface area (Å²) in [4.78, 5) is 0. The standard InChI is InChI=1S/C15H16FN7O/c1-9-10(7-20-23(9)2)8-24-14-4-3-11(5-12(14)16)21-22-13(6-17)15(18)19/h3-5,7,21H,8H2,1-2H3,(H3,18,19)/b22-13+. The second-order valence-electron chi connectivity index (χ2n) is 4.91. The van der Waals surface area contributed by atoms with Crippen LogP contribution in [0.3, 0.4) is 0 Å². The number of benzene rings is 1. The minimum absolute atomic E-state index is 0.0832. The molecule has 124 valence electrons. The zero-order valence-corrected chi connectivity index (χ0v) is 13.2. The molecule has 1 aromatic heterocycles. The molecule has 24 heavy (non-hydrogen) atoms. The average molecular weight is 329 g/mol. The van der Waals surface area contributed by atoms with Gasteiger partial charge in [0.25, 0.3) is 0 Å². The van der Waals surface area contributed by atoms with E-state index in [4.69, 9.17) is 21.1 Å². The molecule has 1 heterocycles. The number of halogens is 1. The van der Waals surface area contributed by atoms with Crippen LogP contribution in [0.2, 0.25) is 0 Å². The van der Waals surface area contributed by atoms with Gasteiger partial charge in [-0.15, -0.1) is 0 Å². The predicted octanol–water partition coefficient (Wildman–Crippen LogP) is 1.67. The second kappa shape index (κ2) is 7.23. The predicted molar refractivity (Wildman–Crippen MR) is 87.3 cm³/mol. The molecule has 0 amide bonds. The molecule has 8 nitrogen and oxygen atoms in total. The van der Waals surface area contributed by atoms with Crippen LogP contribution in [0.15, 0.2) is 29.5 Å². The molecule has 0 atom stereocenters. The number of aromatic nitrogens is 2. The van der Waals surface area contributed by atoms with E-state index in [0.717, 1.165) is 11.3 Å². The van der Waals surface area contributed by atoms with Crippen molar-refractivity contribution in [1.29, 1.82) is 10.7 Å². The number of nitriles is 1. The van der Waals surface area contributed by atoms with Crippen LogP contribution in [0.25, 0.3) is 0 Å². The Morgan fingerprint density at radius 1 is 1.58 bits per heavy atom. The Hall–Kier alpha value is -3.41. The summed E-state index contributed by atoms with van der Waals surface area (Å²) in [5.74, 6) is -0.977. The number of hydrazone groups is 1. The van der Waals surface area contributed by atoms with Gasteiger partial charge >= 0.3 is 0 Å². The number of ether oxygens (including phenoxy) is 1. The summed E-state index contributed by atoms with van der Waals surface area (Å²) < 4.78 is 21.2. The van der Waals surface area contributed by atoms with Gasteiger partial charge in [0.15, 0.2) is 17.4 Å². The first kappa shape index (κ1) is 17.0. The fraction of sp³-hybridized carbons (Fsp3) is 0.200. The molecule has 0 spiro atoms. The molecule has 0 aliphatic heterocycles. The lowest BCUT2D eigenvalue weighted by Gasteiger charge is -2.08. The number of nitrogens with one attached hydrogen (secondary N) is 2. The van der Waals surface area contributed by atoms with Crippen LogP contribution in [-0.4, -0.2) is 21.3 Å². The fourth-order valence-corrected chi connectivity index (χ4v) is 1.79. The third-order valence-corrected chi connectivity index (χ3v) is 3.31. The Balaban J connectivity index is 2.06. The lowest BCUT2D eigenvalue weighted by Crippen LogP contribution is -2.21. The van der Waals surface area contributed by atoms with Crippen LogP contribution in [-0.2, 0) is 13.7 Å². The van der Waals surface area contributed by atoms with Crippen LogP contribution in [0.4, 0.5) is 10.1 Å². The third kappa shape index (κ3) is 3.86. The van der Waals surface area contributed by atoms with Gasteiger partial charge in [0.05, 0.1) is 11.9 Å². The Bertz CT molecular complexity index is 835. The Morgan fingerprint density at radius 2 is 2.33 bits per heavy atom. The molecule has 1 aromatic carbocycles. The van der Waals surface area contributed by atoms with E-state index in [9.17, 15) is 4.39 Å². The molecule has 2 rings (SSSR count). The number of anilines is 1. The summed E-state index contributed by atoms with van der Waals surface area (Å²) in [5, 5.41) is 23.6. The molecule has 0 radical (unpaired) electrons. The van der Waals surface area contributed by atoms with Crippen LogP contribution in [0.5, 0.6) is 5.75 Å². The zero-order valence-electron chi connectivity index (χ0n) is 13.2. The largest absolute Gasteiger partial charge is 0.486 e. The van der Waals surface area contributed by atoms with Crippen molar-refractivity contribution in [2.24, 2.45) is 17.9 Å². The molecule has 0 saturated heterocycles. The molecule has 9 heteroatoms. The Labute approximate surface area is 137 Å². The van der Waals surface area contributed by atoms with E-state index in [-0.39, 0.29) is 18.1 Å². The SMILES string of the molecule is Cc1c(COc2ccc(N/N=C(\C#N)C(=N)N)cc2F)cnn1C. The van der Waals surface area contributed by atoms with E-state index in [1.807, 2.05) is 14.0 Å². The number of hydrogen-bond acceptors (Lipinski definition) is 6. The van der Waals surface area contributed by atoms with Gasteiger partial charge in [0, 0.05) is 24.4 Å². The maximum Gasteiger partial charge on any atom is 0.201 e. The molecule has 0 bridgehead atoms. The number of aryl methyl sites for hydroxylation is 1. The lowest BCUT2D eigenvalue weighted by molar-refractivity contribution is 0.289. The van der Waals surface area contributed by atoms with Crippen molar-refractivity contribution in [3.63, 3.8) is 0 Å². The summed E-state index contributed by atoms with van der Waals surface area (Å²) in [6.07, 6.45) is 1.67. The maximum absolute atomic E-state index is 14.1. The first-order chi connectivity index (χ1) is 11.4. The van der Waals surface area contributed by atoms with E-state index >= 15 is 0 Å². The van der Waals surface area contributed by atoms with Gasteiger partial charge in [0.1, 0.15) is 12.7 Å². The van der Waals surface area contributed by atoms with Crippen molar-refractivity contribution in [2.75, 3.05) is 5.43 Å². The Kier molecular flexibility index (Phi) is 5.11. The fourth-order valence-electron chi connectivity index (χ4n) is 1.79. The van der Waals surface area contributed by atoms with Crippen LogP contribution < -0.4 is 15.9 Å². The number of rotatable bonds is 6. The summed E-state index contributed by atoms with van der Waals surface area (Å²) in [6, 6.07) is 5.80. The molecule has 0 saturated carbocycles. The summed E-state index contributed by atoms with van der Waals surface area (Å²) in [6.45, 7) is 2.10. The summed E-state index contributed by atoms with van der Waals surface area (Å²) in [5.41, 5.74) is 9.44. The van der Waals surface area contributed by atoms with E-state index in [2.05, 4.69) is 15.6 Å². The highest BCUT2D eigenvalue weighted by Crippen LogP contribution is 2.22. The molecule has 2 aromatic rings. The van der Waals surface area contributed by atoms with Crippen LogP contribution in [0, 0.1) is 29.5 Å². The molecular formula is C15H16FN7O. The van der Waals surface area contributed by atoms with E-state index in [1.165, 1.54) is 18.2 Å². The van der Waals surface area contributed by atoms with Gasteiger partial charge in [-0.2, -0.15) is 15.5 Å². The Morgan fingerprint density at radius 3 is 2.88 bits per heavy atom. The first-order valence-electron chi connectivity index (χ1n) is 6.90. The minimum Gasteiger partial charge on any atom is -0.486 e. The van der Waals surface area contributed by atoms with Crippen molar-refractivity contribution in [2.45, 2.75) is 13.5 Å². The van der Waals surface area contributed by atoms with Crippen molar-refractivity contribution < 1.29 is 9.13 Å². The number of nitrogens with two attached hydrogens (primary N) is 1. The van der Waals surface area contributed by atoms with E-state index in [0.29, 0.717) is 5.69 Å². The first-order valence-corrected chi connectivity index (χ1v) is 6.90. The van der Waals surface area contributed by atoms with Gasteiger partial charge < -0.3 is 10.5 Å². The number of amidine groups is 1. The monoisotopic (exact) mass is 329 g/mol. The molecule has 0 aliphatic carbocycles. The highest BCUT2D eigenvalue weighted by atomic mass is 19.1. The number of hydrogen-bond donors (Lipinski definition) is 3. The highest BCUT2D eigenvalue weighted by Gasteiger charge is 2.09. The van der Waals surface area contributed by atoms with E-state index < -0.39 is 11.7 Å². The summed E-state index contributed by atoms with van der Waals surface area (Å²) in [7, 11) is 1.82. The highest BCUT2D eigenvalue weighted by molar-refractivity contribution is 6.45. The molecule has 0 fully saturated rings. The minimum atomic E-state index is -0.585. The molecule has 4 N–H and O–H groups in total. The van der Waals surface area contributed by atoms with Gasteiger partial charge in [-0.3, -0.25) is 15.5 Å². The van der Waals surface area contributed by atoms with Gasteiger partial charge in [-0.05, 0) is 19.1 Å². The maximum atomic E-state index is 14.1. The molecule has 0 aliphatic rings. The third-order valence-electron chi connectivity index (χ3n) is 3.31. The quantitative estimate of drug-likeness (QED) is 0.422. The molecular weight excluding hydrogens is 313 g/mol. The smallest absolute Gasteiger partial charge is 0.201 e. The number of nitrogens with zero attached hydrogens (tertiary/aromatic N) is 4. The lowest BCUT2D eigenvalue weighted by atomic mass is 10.2. The van der Waals surface area contributed by atoms with E-state index in [1.54, 1.807) is 16.9 Å². The van der Waals surface area contributed by atoms with Gasteiger partial charge in [-0.25, -0.2) is 4.39 Å². The van der Waals surface area contributed by atoms with Crippen molar-refractivity contribution in [3.8, 4) is 11.8 Å². The van der Waals surface area contributed by atoms with Crippen molar-refractivity contribution >= 4 is 17.2 Å². The van der Waals surface area contributed by atoms with Crippen LogP contribution in [0.1, 0.15) is 11.3 Å². The van der Waals surface area contributed by atoms with Crippen molar-refractivity contribution in [1.82, 2.24) is 9.78 Å². The van der Waals surface area contributed by atoms with Crippen molar-refractivity contribution in [3.05, 3.63) is 41.5 Å². The molecule has 0 unspecified atom stereocenters. The van der Waals surface area contributed by atoms with Crippen LogP contribution >= 0.6 is 0 Å². The topological polar surface area (TPSA) is 125 Å². The average Bonchev–Trinajstić information content (AvgIpc) is 2.86. The second-order valence-corrected chi connectivity index (χ2v) is 4.91. The zero-order chi connectivity index (χ0) is 17.7.